The van der Waals surface area contributed by atoms with E-state index in [0.717, 1.165) is 31.7 Å². The topological polar surface area (TPSA) is 57.7 Å². The number of piperidine rings is 1. The summed E-state index contributed by atoms with van der Waals surface area (Å²) in [7, 11) is 0. The molecule has 5 nitrogen and oxygen atoms in total. The lowest BCUT2D eigenvalue weighted by Crippen LogP contribution is -2.35. The van der Waals surface area contributed by atoms with E-state index in [0.29, 0.717) is 5.92 Å². The highest BCUT2D eigenvalue weighted by molar-refractivity contribution is 5.38. The average molecular weight is 319 g/mol. The van der Waals surface area contributed by atoms with Crippen molar-refractivity contribution in [1.82, 2.24) is 20.2 Å². The van der Waals surface area contributed by atoms with Gasteiger partial charge in [0.1, 0.15) is 5.82 Å². The molecule has 1 aromatic carbocycles. The average Bonchev–Trinajstić information content (AvgIpc) is 3.12. The van der Waals surface area contributed by atoms with Gasteiger partial charge in [-0.15, -0.1) is 0 Å². The first kappa shape index (κ1) is 14.9. The minimum atomic E-state index is 0.460. The Bertz CT molecular complexity index is 769. The second-order valence-corrected chi connectivity index (χ2v) is 6.32. The lowest BCUT2D eigenvalue weighted by Gasteiger charge is -2.33. The van der Waals surface area contributed by atoms with Gasteiger partial charge < -0.3 is 4.90 Å². The van der Waals surface area contributed by atoms with Gasteiger partial charge in [-0.2, -0.15) is 5.10 Å². The Morgan fingerprint density at radius 1 is 1.12 bits per heavy atom. The summed E-state index contributed by atoms with van der Waals surface area (Å²) in [6.45, 7) is 2.00. The highest BCUT2D eigenvalue weighted by atomic mass is 15.2. The third-order valence-corrected chi connectivity index (χ3v) is 4.69. The summed E-state index contributed by atoms with van der Waals surface area (Å²) in [5.41, 5.74) is 3.89. The molecule has 0 aliphatic carbocycles. The molecule has 1 aliphatic rings. The fraction of sp³-hybridized carbons (Fsp3) is 0.316. The molecule has 4 rings (SSSR count). The van der Waals surface area contributed by atoms with Gasteiger partial charge in [0.2, 0.25) is 0 Å². The van der Waals surface area contributed by atoms with Crippen molar-refractivity contribution in [2.75, 3.05) is 18.0 Å². The molecule has 1 fully saturated rings. The van der Waals surface area contributed by atoms with E-state index in [2.05, 4.69) is 55.4 Å². The number of hydrogen-bond donors (Lipinski definition) is 1. The number of anilines is 1. The predicted octanol–water partition coefficient (Wildman–Crippen LogP) is 3.17. The van der Waals surface area contributed by atoms with Crippen LogP contribution in [0.5, 0.6) is 0 Å². The summed E-state index contributed by atoms with van der Waals surface area (Å²) in [4.78, 5) is 11.0. The lowest BCUT2D eigenvalue weighted by molar-refractivity contribution is 0.495. The van der Waals surface area contributed by atoms with E-state index < -0.39 is 0 Å². The van der Waals surface area contributed by atoms with Gasteiger partial charge in [-0.25, -0.2) is 4.98 Å². The van der Waals surface area contributed by atoms with Crippen LogP contribution in [0.4, 0.5) is 5.82 Å². The van der Waals surface area contributed by atoms with Crippen LogP contribution >= 0.6 is 0 Å². The molecular formula is C19H21N5. The van der Waals surface area contributed by atoms with E-state index in [4.69, 9.17) is 0 Å². The molecule has 1 N–H and O–H groups in total. The third-order valence-electron chi connectivity index (χ3n) is 4.69. The van der Waals surface area contributed by atoms with E-state index in [9.17, 15) is 0 Å². The zero-order valence-corrected chi connectivity index (χ0v) is 13.6. The monoisotopic (exact) mass is 319 g/mol. The molecule has 5 heteroatoms. The van der Waals surface area contributed by atoms with Gasteiger partial charge in [0, 0.05) is 43.5 Å². The molecule has 3 heterocycles. The molecule has 0 bridgehead atoms. The largest absolute Gasteiger partial charge is 0.355 e. The number of aromatic amines is 1. The van der Waals surface area contributed by atoms with Gasteiger partial charge in [-0.05, 0) is 24.0 Å². The second kappa shape index (κ2) is 6.83. The van der Waals surface area contributed by atoms with Crippen LogP contribution in [-0.4, -0.2) is 33.3 Å². The van der Waals surface area contributed by atoms with Gasteiger partial charge in [0.05, 0.1) is 12.4 Å². The summed E-state index contributed by atoms with van der Waals surface area (Å²) in [6.07, 6.45) is 10.6. The summed E-state index contributed by atoms with van der Waals surface area (Å²) in [6, 6.07) is 10.6. The Morgan fingerprint density at radius 2 is 2.04 bits per heavy atom. The Balaban J connectivity index is 1.53. The summed E-state index contributed by atoms with van der Waals surface area (Å²) in [5, 5.41) is 7.57. The molecule has 0 saturated carbocycles. The van der Waals surface area contributed by atoms with Crippen molar-refractivity contribution in [3.8, 4) is 0 Å². The van der Waals surface area contributed by atoms with Crippen LogP contribution < -0.4 is 4.90 Å². The smallest absolute Gasteiger partial charge is 0.147 e. The first-order chi connectivity index (χ1) is 11.9. The summed E-state index contributed by atoms with van der Waals surface area (Å²) >= 11 is 0. The summed E-state index contributed by atoms with van der Waals surface area (Å²) in [5.74, 6) is 1.42. The van der Waals surface area contributed by atoms with E-state index in [1.807, 2.05) is 12.4 Å². The Labute approximate surface area is 141 Å². The normalized spacial score (nSPS) is 17.8. The first-order valence-electron chi connectivity index (χ1n) is 8.47. The first-order valence-corrected chi connectivity index (χ1v) is 8.47. The molecule has 24 heavy (non-hydrogen) atoms. The number of aromatic nitrogens is 4. The molecular weight excluding hydrogens is 298 g/mol. The third kappa shape index (κ3) is 3.15. The molecule has 3 aromatic rings. The Kier molecular flexibility index (Phi) is 4.23. The molecule has 0 radical (unpaired) electrons. The number of rotatable bonds is 4. The van der Waals surface area contributed by atoms with Gasteiger partial charge >= 0.3 is 0 Å². The molecule has 1 atom stereocenters. The van der Waals surface area contributed by atoms with Crippen molar-refractivity contribution in [3.05, 3.63) is 71.9 Å². The van der Waals surface area contributed by atoms with Crippen molar-refractivity contribution in [3.63, 3.8) is 0 Å². The molecule has 1 aliphatic heterocycles. The van der Waals surface area contributed by atoms with Crippen molar-refractivity contribution in [2.45, 2.75) is 25.2 Å². The van der Waals surface area contributed by atoms with E-state index in [1.54, 1.807) is 12.4 Å². The fourth-order valence-electron chi connectivity index (χ4n) is 3.51. The van der Waals surface area contributed by atoms with Gasteiger partial charge in [0.15, 0.2) is 0 Å². The van der Waals surface area contributed by atoms with Crippen molar-refractivity contribution in [1.29, 1.82) is 0 Å². The van der Waals surface area contributed by atoms with Crippen molar-refractivity contribution < 1.29 is 0 Å². The molecule has 0 spiro atoms. The highest BCUT2D eigenvalue weighted by Gasteiger charge is 2.25. The van der Waals surface area contributed by atoms with Crippen molar-refractivity contribution >= 4 is 5.82 Å². The number of benzene rings is 1. The highest BCUT2D eigenvalue weighted by Crippen LogP contribution is 2.30. The fourth-order valence-corrected chi connectivity index (χ4v) is 3.51. The van der Waals surface area contributed by atoms with Crippen LogP contribution in [0.2, 0.25) is 0 Å². The number of H-pyrrole nitrogens is 1. The predicted molar refractivity (Wildman–Crippen MR) is 94.1 cm³/mol. The minimum absolute atomic E-state index is 0.460. The van der Waals surface area contributed by atoms with Crippen LogP contribution in [0.1, 0.15) is 35.6 Å². The maximum absolute atomic E-state index is 4.45. The molecule has 2 aromatic heterocycles. The quantitative estimate of drug-likeness (QED) is 0.802. The van der Waals surface area contributed by atoms with Crippen LogP contribution in [0, 0.1) is 0 Å². The van der Waals surface area contributed by atoms with E-state index in [1.165, 1.54) is 23.2 Å². The molecule has 0 unspecified atom stereocenters. The van der Waals surface area contributed by atoms with Crippen LogP contribution in [-0.2, 0) is 6.42 Å². The zero-order valence-electron chi connectivity index (χ0n) is 13.6. The van der Waals surface area contributed by atoms with E-state index >= 15 is 0 Å². The number of hydrogen-bond acceptors (Lipinski definition) is 4. The SMILES string of the molecule is c1ccc(Cc2cn[nH]c2[C@H]2CCCN(c3cnccn3)C2)cc1. The van der Waals surface area contributed by atoms with Gasteiger partial charge in [0.25, 0.3) is 0 Å². The van der Waals surface area contributed by atoms with Crippen LogP contribution in [0.15, 0.2) is 55.1 Å². The Morgan fingerprint density at radius 3 is 2.88 bits per heavy atom. The second-order valence-electron chi connectivity index (χ2n) is 6.32. The zero-order chi connectivity index (χ0) is 16.2. The van der Waals surface area contributed by atoms with Crippen LogP contribution in [0.3, 0.4) is 0 Å². The molecule has 1 saturated heterocycles. The standard InChI is InChI=1S/C19H21N5/c1-2-5-15(6-3-1)11-17-12-22-23-19(17)16-7-4-10-24(14-16)18-13-20-8-9-21-18/h1-3,5-6,8-9,12-13,16H,4,7,10-11,14H2,(H,22,23)/t16-/m0/s1. The summed E-state index contributed by atoms with van der Waals surface area (Å²) < 4.78 is 0. The lowest BCUT2D eigenvalue weighted by atomic mass is 9.91. The van der Waals surface area contributed by atoms with E-state index in [-0.39, 0.29) is 0 Å². The Hall–Kier alpha value is -2.69. The maximum atomic E-state index is 4.45. The molecule has 0 amide bonds. The van der Waals surface area contributed by atoms with Gasteiger partial charge in [-0.3, -0.25) is 10.1 Å². The number of nitrogens with one attached hydrogen (secondary N) is 1. The van der Waals surface area contributed by atoms with Gasteiger partial charge in [-0.1, -0.05) is 30.3 Å². The minimum Gasteiger partial charge on any atom is -0.355 e. The maximum Gasteiger partial charge on any atom is 0.147 e. The number of nitrogens with zero attached hydrogens (tertiary/aromatic N) is 4. The molecule has 122 valence electrons. The van der Waals surface area contributed by atoms with Crippen LogP contribution in [0.25, 0.3) is 0 Å². The van der Waals surface area contributed by atoms with Crippen molar-refractivity contribution in [2.24, 2.45) is 0 Å².